The number of halogens is 1. The Morgan fingerprint density at radius 2 is 2.15 bits per heavy atom. The van der Waals surface area contributed by atoms with E-state index in [0.717, 1.165) is 29.7 Å². The smallest absolute Gasteiger partial charge is 0.0790 e. The van der Waals surface area contributed by atoms with E-state index in [1.807, 2.05) is 12.3 Å². The predicted octanol–water partition coefficient (Wildman–Crippen LogP) is 4.01. The van der Waals surface area contributed by atoms with E-state index in [0.29, 0.717) is 5.92 Å². The number of benzene rings is 1. The molecular weight excluding hydrogens is 314 g/mol. The third-order valence-electron chi connectivity index (χ3n) is 3.67. The van der Waals surface area contributed by atoms with Crippen LogP contribution < -0.4 is 5.32 Å². The molecule has 20 heavy (non-hydrogen) atoms. The molecule has 106 valence electrons. The first kappa shape index (κ1) is 13.8. The summed E-state index contributed by atoms with van der Waals surface area (Å²) in [5, 5.41) is 8.12. The molecule has 1 fully saturated rings. The SMILES string of the molecule is CCCNCc1cnn(-c2ccccc2Br)c1C1CC1. The molecule has 0 amide bonds. The molecule has 1 heterocycles. The fourth-order valence-electron chi connectivity index (χ4n) is 2.54. The van der Waals surface area contributed by atoms with Gasteiger partial charge >= 0.3 is 0 Å². The molecule has 0 aliphatic heterocycles. The van der Waals surface area contributed by atoms with Crippen molar-refractivity contribution in [2.24, 2.45) is 0 Å². The third kappa shape index (κ3) is 2.81. The molecule has 1 saturated carbocycles. The van der Waals surface area contributed by atoms with Gasteiger partial charge in [-0.05, 0) is 53.9 Å². The molecule has 0 spiro atoms. The Kier molecular flexibility index (Phi) is 4.22. The predicted molar refractivity (Wildman–Crippen MR) is 85.2 cm³/mol. The van der Waals surface area contributed by atoms with Crippen LogP contribution in [0.5, 0.6) is 0 Å². The Bertz CT molecular complexity index is 587. The Hall–Kier alpha value is -1.13. The molecule has 0 atom stereocenters. The highest BCUT2D eigenvalue weighted by Gasteiger charge is 2.30. The Labute approximate surface area is 128 Å². The topological polar surface area (TPSA) is 29.9 Å². The van der Waals surface area contributed by atoms with Crippen molar-refractivity contribution in [3.8, 4) is 5.69 Å². The van der Waals surface area contributed by atoms with Crippen LogP contribution in [0.3, 0.4) is 0 Å². The largest absolute Gasteiger partial charge is 0.313 e. The third-order valence-corrected chi connectivity index (χ3v) is 4.34. The maximum Gasteiger partial charge on any atom is 0.0790 e. The Morgan fingerprint density at radius 3 is 2.85 bits per heavy atom. The molecule has 3 rings (SSSR count). The molecule has 2 aromatic rings. The van der Waals surface area contributed by atoms with Gasteiger partial charge in [-0.2, -0.15) is 5.10 Å². The number of aromatic nitrogens is 2. The van der Waals surface area contributed by atoms with Crippen molar-refractivity contribution in [3.05, 3.63) is 46.2 Å². The Balaban J connectivity index is 1.93. The number of nitrogens with zero attached hydrogens (tertiary/aromatic N) is 2. The first-order valence-corrected chi connectivity index (χ1v) is 8.13. The average molecular weight is 334 g/mol. The van der Waals surface area contributed by atoms with Crippen LogP contribution in [0.2, 0.25) is 0 Å². The number of hydrogen-bond acceptors (Lipinski definition) is 2. The summed E-state index contributed by atoms with van der Waals surface area (Å²) in [4.78, 5) is 0. The summed E-state index contributed by atoms with van der Waals surface area (Å²) in [7, 11) is 0. The normalized spacial score (nSPS) is 14.7. The highest BCUT2D eigenvalue weighted by Crippen LogP contribution is 2.43. The lowest BCUT2D eigenvalue weighted by Crippen LogP contribution is -2.15. The molecule has 1 aliphatic carbocycles. The number of nitrogens with one attached hydrogen (secondary N) is 1. The van der Waals surface area contributed by atoms with Gasteiger partial charge in [0.15, 0.2) is 0 Å². The van der Waals surface area contributed by atoms with Gasteiger partial charge in [0, 0.05) is 22.5 Å². The van der Waals surface area contributed by atoms with E-state index in [-0.39, 0.29) is 0 Å². The van der Waals surface area contributed by atoms with Crippen LogP contribution in [-0.4, -0.2) is 16.3 Å². The van der Waals surface area contributed by atoms with Gasteiger partial charge in [0.25, 0.3) is 0 Å². The molecule has 1 aliphatic rings. The molecule has 4 heteroatoms. The van der Waals surface area contributed by atoms with Gasteiger partial charge in [-0.15, -0.1) is 0 Å². The summed E-state index contributed by atoms with van der Waals surface area (Å²) in [6, 6.07) is 8.29. The lowest BCUT2D eigenvalue weighted by molar-refractivity contribution is 0.669. The summed E-state index contributed by atoms with van der Waals surface area (Å²) in [6.07, 6.45) is 5.76. The van der Waals surface area contributed by atoms with E-state index in [1.165, 1.54) is 24.1 Å². The minimum atomic E-state index is 0.683. The van der Waals surface area contributed by atoms with E-state index < -0.39 is 0 Å². The second-order valence-corrected chi connectivity index (χ2v) is 6.22. The highest BCUT2D eigenvalue weighted by molar-refractivity contribution is 9.10. The molecule has 0 unspecified atom stereocenters. The minimum Gasteiger partial charge on any atom is -0.313 e. The van der Waals surface area contributed by atoms with E-state index in [2.05, 4.69) is 56.2 Å². The quantitative estimate of drug-likeness (QED) is 0.809. The molecule has 1 N–H and O–H groups in total. The van der Waals surface area contributed by atoms with E-state index >= 15 is 0 Å². The van der Waals surface area contributed by atoms with Gasteiger partial charge in [0.1, 0.15) is 0 Å². The van der Waals surface area contributed by atoms with Gasteiger partial charge in [-0.25, -0.2) is 4.68 Å². The van der Waals surface area contributed by atoms with Crippen molar-refractivity contribution in [1.82, 2.24) is 15.1 Å². The van der Waals surface area contributed by atoms with E-state index in [4.69, 9.17) is 0 Å². The van der Waals surface area contributed by atoms with Gasteiger partial charge in [0.05, 0.1) is 17.6 Å². The summed E-state index contributed by atoms with van der Waals surface area (Å²) in [6.45, 7) is 4.17. The van der Waals surface area contributed by atoms with E-state index in [9.17, 15) is 0 Å². The second kappa shape index (κ2) is 6.10. The van der Waals surface area contributed by atoms with Gasteiger partial charge in [-0.3, -0.25) is 0 Å². The molecule has 0 saturated heterocycles. The lowest BCUT2D eigenvalue weighted by atomic mass is 10.1. The van der Waals surface area contributed by atoms with Crippen LogP contribution in [0, 0.1) is 0 Å². The minimum absolute atomic E-state index is 0.683. The lowest BCUT2D eigenvalue weighted by Gasteiger charge is -2.11. The zero-order valence-electron chi connectivity index (χ0n) is 11.8. The summed E-state index contributed by atoms with van der Waals surface area (Å²) in [5.74, 6) is 0.683. The number of rotatable bonds is 6. The van der Waals surface area contributed by atoms with Crippen LogP contribution in [-0.2, 0) is 6.54 Å². The van der Waals surface area contributed by atoms with Crippen molar-refractivity contribution in [2.75, 3.05) is 6.54 Å². The van der Waals surface area contributed by atoms with Crippen LogP contribution >= 0.6 is 15.9 Å². The van der Waals surface area contributed by atoms with Gasteiger partial charge in [-0.1, -0.05) is 19.1 Å². The average Bonchev–Trinajstić information content (AvgIpc) is 3.21. The first-order chi connectivity index (χ1) is 9.81. The molecule has 0 radical (unpaired) electrons. The molecular formula is C16H20BrN3. The van der Waals surface area contributed by atoms with Crippen molar-refractivity contribution < 1.29 is 0 Å². The molecule has 1 aromatic heterocycles. The fourth-order valence-corrected chi connectivity index (χ4v) is 2.99. The maximum atomic E-state index is 4.63. The van der Waals surface area contributed by atoms with Crippen molar-refractivity contribution >= 4 is 15.9 Å². The van der Waals surface area contributed by atoms with Gasteiger partial charge < -0.3 is 5.32 Å². The number of hydrogen-bond donors (Lipinski definition) is 1. The zero-order chi connectivity index (χ0) is 13.9. The second-order valence-electron chi connectivity index (χ2n) is 5.37. The summed E-state index contributed by atoms with van der Waals surface area (Å²) >= 11 is 3.63. The van der Waals surface area contributed by atoms with Crippen molar-refractivity contribution in [2.45, 2.75) is 38.6 Å². The van der Waals surface area contributed by atoms with Crippen LogP contribution in [0.25, 0.3) is 5.69 Å². The van der Waals surface area contributed by atoms with Crippen LogP contribution in [0.1, 0.15) is 43.4 Å². The first-order valence-electron chi connectivity index (χ1n) is 7.33. The van der Waals surface area contributed by atoms with E-state index in [1.54, 1.807) is 0 Å². The Morgan fingerprint density at radius 1 is 1.35 bits per heavy atom. The highest BCUT2D eigenvalue weighted by atomic mass is 79.9. The number of para-hydroxylation sites is 1. The molecule has 3 nitrogen and oxygen atoms in total. The maximum absolute atomic E-state index is 4.63. The zero-order valence-corrected chi connectivity index (χ0v) is 13.4. The summed E-state index contributed by atoms with van der Waals surface area (Å²) < 4.78 is 3.21. The van der Waals surface area contributed by atoms with Gasteiger partial charge in [0.2, 0.25) is 0 Å². The molecule has 0 bridgehead atoms. The molecule has 1 aromatic carbocycles. The standard InChI is InChI=1S/C16H20BrN3/c1-2-9-18-10-13-11-19-20(16(13)12-7-8-12)15-6-4-3-5-14(15)17/h3-6,11-12,18H,2,7-10H2,1H3. The summed E-state index contributed by atoms with van der Waals surface area (Å²) in [5.41, 5.74) is 3.87. The van der Waals surface area contributed by atoms with Crippen molar-refractivity contribution in [1.29, 1.82) is 0 Å². The van der Waals surface area contributed by atoms with Crippen LogP contribution in [0.4, 0.5) is 0 Å². The van der Waals surface area contributed by atoms with Crippen molar-refractivity contribution in [3.63, 3.8) is 0 Å². The fraction of sp³-hybridized carbons (Fsp3) is 0.438. The monoisotopic (exact) mass is 333 g/mol. The van der Waals surface area contributed by atoms with Crippen LogP contribution in [0.15, 0.2) is 34.9 Å².